The molecular formula is C26H30O4S. The fourth-order valence-corrected chi connectivity index (χ4v) is 4.13. The molecule has 0 aromatic heterocycles. The van der Waals surface area contributed by atoms with Crippen molar-refractivity contribution >= 4 is 11.8 Å². The van der Waals surface area contributed by atoms with E-state index in [9.17, 15) is 5.11 Å². The minimum Gasteiger partial charge on any atom is -0.388 e. The Morgan fingerprint density at radius 1 is 0.774 bits per heavy atom. The maximum absolute atomic E-state index is 10.9. The molecule has 0 amide bonds. The summed E-state index contributed by atoms with van der Waals surface area (Å²) in [6, 6.07) is 30.0. The maximum Gasteiger partial charge on any atom is 0.109 e. The normalized spacial score (nSPS) is 14.1. The van der Waals surface area contributed by atoms with Crippen LogP contribution >= 0.6 is 11.8 Å². The fourth-order valence-electron chi connectivity index (χ4n) is 3.13. The molecule has 164 valence electrons. The Hall–Kier alpha value is -2.15. The van der Waals surface area contributed by atoms with E-state index in [1.165, 1.54) is 0 Å². The van der Waals surface area contributed by atoms with Crippen LogP contribution in [-0.4, -0.2) is 36.5 Å². The van der Waals surface area contributed by atoms with Gasteiger partial charge in [-0.15, -0.1) is 0 Å². The lowest BCUT2D eigenvalue weighted by Gasteiger charge is -2.27. The Kier molecular flexibility index (Phi) is 10.1. The first kappa shape index (κ1) is 23.5. The van der Waals surface area contributed by atoms with Crippen molar-refractivity contribution in [3.05, 3.63) is 102 Å². The molecule has 0 aliphatic rings. The number of rotatable bonds is 13. The Bertz CT molecular complexity index is 845. The van der Waals surface area contributed by atoms with Crippen molar-refractivity contribution in [3.63, 3.8) is 0 Å². The molecule has 0 heterocycles. The summed E-state index contributed by atoms with van der Waals surface area (Å²) >= 11 is 1.62. The van der Waals surface area contributed by atoms with Crippen molar-refractivity contribution in [3.8, 4) is 0 Å². The first-order valence-corrected chi connectivity index (χ1v) is 11.3. The molecule has 3 aromatic rings. The van der Waals surface area contributed by atoms with Gasteiger partial charge >= 0.3 is 0 Å². The van der Waals surface area contributed by atoms with E-state index >= 15 is 0 Å². The quantitative estimate of drug-likeness (QED) is 0.290. The van der Waals surface area contributed by atoms with E-state index in [2.05, 4.69) is 12.1 Å². The molecule has 0 spiro atoms. The van der Waals surface area contributed by atoms with Crippen molar-refractivity contribution in [2.75, 3.05) is 13.7 Å². The van der Waals surface area contributed by atoms with Crippen LogP contribution in [0.2, 0.25) is 0 Å². The van der Waals surface area contributed by atoms with Crippen LogP contribution in [0.3, 0.4) is 0 Å². The summed E-state index contributed by atoms with van der Waals surface area (Å²) < 4.78 is 17.6. The van der Waals surface area contributed by atoms with Crippen LogP contribution in [0.1, 0.15) is 17.5 Å². The molecule has 0 aliphatic heterocycles. The van der Waals surface area contributed by atoms with Crippen molar-refractivity contribution in [2.45, 2.75) is 42.2 Å². The summed E-state index contributed by atoms with van der Waals surface area (Å²) in [6.07, 6.45) is -0.641. The second kappa shape index (κ2) is 13.3. The van der Waals surface area contributed by atoms with Crippen molar-refractivity contribution < 1.29 is 19.3 Å². The van der Waals surface area contributed by atoms with Gasteiger partial charge in [-0.05, 0) is 23.3 Å². The highest BCUT2D eigenvalue weighted by atomic mass is 32.2. The molecule has 0 bridgehead atoms. The third-order valence-corrected chi connectivity index (χ3v) is 6.03. The van der Waals surface area contributed by atoms with E-state index in [1.807, 2.05) is 78.9 Å². The zero-order valence-corrected chi connectivity index (χ0v) is 18.6. The van der Waals surface area contributed by atoms with Gasteiger partial charge in [-0.2, -0.15) is 0 Å². The van der Waals surface area contributed by atoms with E-state index < -0.39 is 12.2 Å². The van der Waals surface area contributed by atoms with Crippen molar-refractivity contribution in [1.29, 1.82) is 0 Å². The van der Waals surface area contributed by atoms with Crippen LogP contribution in [0, 0.1) is 0 Å². The predicted molar refractivity (Wildman–Crippen MR) is 125 cm³/mol. The number of aliphatic hydroxyl groups is 1. The smallest absolute Gasteiger partial charge is 0.109 e. The first-order chi connectivity index (χ1) is 15.2. The average molecular weight is 439 g/mol. The summed E-state index contributed by atoms with van der Waals surface area (Å²) in [5.41, 5.74) is 1.99. The number of hydrogen-bond acceptors (Lipinski definition) is 5. The summed E-state index contributed by atoms with van der Waals surface area (Å²) in [6.45, 7) is 1.07. The maximum atomic E-state index is 10.9. The summed E-state index contributed by atoms with van der Waals surface area (Å²) in [5, 5.41) is 10.9. The van der Waals surface area contributed by atoms with Gasteiger partial charge in [0.15, 0.2) is 0 Å². The average Bonchev–Trinajstić information content (AvgIpc) is 2.83. The SMILES string of the molecule is COC(C[C@H](OCc1ccccc1)[C@H](O)COCc1ccccc1)Sc1ccccc1. The second-order valence-corrected chi connectivity index (χ2v) is 8.47. The summed E-state index contributed by atoms with van der Waals surface area (Å²) in [5.74, 6) is 0. The molecule has 1 unspecified atom stereocenters. The Morgan fingerprint density at radius 3 is 1.90 bits per heavy atom. The Morgan fingerprint density at radius 2 is 1.32 bits per heavy atom. The van der Waals surface area contributed by atoms with E-state index in [0.717, 1.165) is 16.0 Å². The molecule has 1 N–H and O–H groups in total. The highest BCUT2D eigenvalue weighted by Gasteiger charge is 2.25. The second-order valence-electron chi connectivity index (χ2n) is 7.23. The van der Waals surface area contributed by atoms with Gasteiger partial charge in [0.25, 0.3) is 0 Å². The molecule has 0 saturated heterocycles. The highest BCUT2D eigenvalue weighted by molar-refractivity contribution is 7.99. The zero-order valence-electron chi connectivity index (χ0n) is 17.8. The summed E-state index contributed by atoms with van der Waals surface area (Å²) in [4.78, 5) is 1.12. The lowest BCUT2D eigenvalue weighted by atomic mass is 10.1. The third-order valence-electron chi connectivity index (χ3n) is 4.83. The van der Waals surface area contributed by atoms with Gasteiger partial charge in [0.05, 0.1) is 25.9 Å². The van der Waals surface area contributed by atoms with Gasteiger partial charge in [0, 0.05) is 18.4 Å². The lowest BCUT2D eigenvalue weighted by molar-refractivity contribution is -0.0915. The standard InChI is InChI=1S/C26H30O4S/c1-28-26(31-23-15-9-4-10-16-23)17-25(30-19-22-13-7-3-8-14-22)24(27)20-29-18-21-11-5-2-6-12-21/h2-16,24-27H,17-20H2,1H3/t24-,25+,26?/m1/s1. The van der Waals surface area contributed by atoms with Crippen molar-refractivity contribution in [1.82, 2.24) is 0 Å². The molecule has 0 aliphatic carbocycles. The molecule has 0 saturated carbocycles. The molecule has 3 atom stereocenters. The van der Waals surface area contributed by atoms with Crippen molar-refractivity contribution in [2.24, 2.45) is 0 Å². The number of thioether (sulfide) groups is 1. The van der Waals surface area contributed by atoms with Crippen LogP contribution in [0.15, 0.2) is 95.9 Å². The molecule has 3 rings (SSSR count). The summed E-state index contributed by atoms with van der Waals surface area (Å²) in [7, 11) is 1.69. The molecule has 4 nitrogen and oxygen atoms in total. The Balaban J connectivity index is 1.59. The minimum atomic E-state index is -0.763. The number of hydrogen-bond donors (Lipinski definition) is 1. The van der Waals surface area contributed by atoms with E-state index in [-0.39, 0.29) is 12.0 Å². The molecule has 0 fully saturated rings. The zero-order chi connectivity index (χ0) is 21.7. The predicted octanol–water partition coefficient (Wildman–Crippen LogP) is 5.30. The van der Waals surface area contributed by atoms with Crippen LogP contribution in [-0.2, 0) is 27.4 Å². The van der Waals surface area contributed by atoms with E-state index in [1.54, 1.807) is 18.9 Å². The fraction of sp³-hybridized carbons (Fsp3) is 0.308. The van der Waals surface area contributed by atoms with Crippen LogP contribution < -0.4 is 0 Å². The van der Waals surface area contributed by atoms with E-state index in [4.69, 9.17) is 14.2 Å². The highest BCUT2D eigenvalue weighted by Crippen LogP contribution is 2.28. The van der Waals surface area contributed by atoms with Gasteiger partial charge in [-0.1, -0.05) is 90.6 Å². The number of ether oxygens (including phenoxy) is 3. The number of benzene rings is 3. The van der Waals surface area contributed by atoms with Gasteiger partial charge < -0.3 is 19.3 Å². The first-order valence-electron chi connectivity index (χ1n) is 10.4. The van der Waals surface area contributed by atoms with Gasteiger partial charge in [-0.3, -0.25) is 0 Å². The van der Waals surface area contributed by atoms with Crippen LogP contribution in [0.25, 0.3) is 0 Å². The lowest BCUT2D eigenvalue weighted by Crippen LogP contribution is -2.35. The van der Waals surface area contributed by atoms with E-state index in [0.29, 0.717) is 19.6 Å². The monoisotopic (exact) mass is 438 g/mol. The molecule has 31 heavy (non-hydrogen) atoms. The van der Waals surface area contributed by atoms with Crippen LogP contribution in [0.5, 0.6) is 0 Å². The molecule has 5 heteroatoms. The van der Waals surface area contributed by atoms with Gasteiger partial charge in [0.2, 0.25) is 0 Å². The molecular weight excluding hydrogens is 408 g/mol. The number of methoxy groups -OCH3 is 1. The van der Waals surface area contributed by atoms with Gasteiger partial charge in [0.1, 0.15) is 11.5 Å². The van der Waals surface area contributed by atoms with Crippen LogP contribution in [0.4, 0.5) is 0 Å². The molecule has 0 radical (unpaired) electrons. The topological polar surface area (TPSA) is 47.9 Å². The number of aliphatic hydroxyl groups excluding tert-OH is 1. The largest absolute Gasteiger partial charge is 0.388 e. The third kappa shape index (κ3) is 8.48. The van der Waals surface area contributed by atoms with Gasteiger partial charge in [-0.25, -0.2) is 0 Å². The Labute approximate surface area is 189 Å². The molecule has 3 aromatic carbocycles. The minimum absolute atomic E-state index is 0.146.